The molecule has 1 aromatic carbocycles. The molecule has 0 spiro atoms. The van der Waals surface area contributed by atoms with Crippen LogP contribution < -0.4 is 5.32 Å². The average Bonchev–Trinajstić information content (AvgIpc) is 2.88. The van der Waals surface area contributed by atoms with Crippen molar-refractivity contribution < 1.29 is 18.8 Å². The van der Waals surface area contributed by atoms with Crippen molar-refractivity contribution in [3.8, 4) is 0 Å². The second-order valence-corrected chi connectivity index (χ2v) is 7.56. The van der Waals surface area contributed by atoms with E-state index in [1.165, 1.54) is 32.8 Å². The van der Waals surface area contributed by atoms with Gasteiger partial charge in [0, 0.05) is 0 Å². The maximum atomic E-state index is 13.1. The molecule has 144 valence electrons. The van der Waals surface area contributed by atoms with Crippen LogP contribution in [0.4, 0.5) is 5.69 Å². The fourth-order valence-electron chi connectivity index (χ4n) is 4.18. The predicted octanol–water partition coefficient (Wildman–Crippen LogP) is 3.83. The summed E-state index contributed by atoms with van der Waals surface area (Å²) in [5, 5.41) is 3.04. The van der Waals surface area contributed by atoms with Crippen LogP contribution in [0.1, 0.15) is 61.0 Å². The lowest BCUT2D eigenvalue weighted by Gasteiger charge is -2.41. The van der Waals surface area contributed by atoms with Gasteiger partial charge in [-0.1, -0.05) is 6.07 Å². The summed E-state index contributed by atoms with van der Waals surface area (Å²) in [6, 6.07) is 3.60. The Bertz CT molecular complexity index is 661. The van der Waals surface area contributed by atoms with Gasteiger partial charge in [-0.15, -0.1) is 0 Å². The topological polar surface area (TPSA) is 55.4 Å². The van der Waals surface area contributed by atoms with Crippen molar-refractivity contribution in [2.24, 2.45) is 0 Å². The molecule has 1 amide bonds. The van der Waals surface area contributed by atoms with Gasteiger partial charge in [-0.3, -0.25) is 4.79 Å². The van der Waals surface area contributed by atoms with Crippen molar-refractivity contribution in [3.63, 3.8) is 0 Å². The molecule has 1 aliphatic heterocycles. The van der Waals surface area contributed by atoms with Gasteiger partial charge in [0.05, 0.1) is 38.0 Å². The Balaban J connectivity index is 2.30. The minimum Gasteiger partial charge on any atom is -0.465 e. The molecule has 26 heavy (non-hydrogen) atoms. The molecule has 1 fully saturated rings. The van der Waals surface area contributed by atoms with Gasteiger partial charge in [0.2, 0.25) is 0 Å². The zero-order valence-electron chi connectivity index (χ0n) is 16.9. The van der Waals surface area contributed by atoms with Crippen LogP contribution in [0, 0.1) is 13.8 Å². The molecule has 0 saturated carbocycles. The number of hydrogen-bond acceptors (Lipinski definition) is 3. The molecule has 1 aromatic rings. The summed E-state index contributed by atoms with van der Waals surface area (Å²) in [5.74, 6) is -0.445. The van der Waals surface area contributed by atoms with Crippen molar-refractivity contribution >= 4 is 17.6 Å². The number of likely N-dealkylation sites (N-methyl/N-ethyl adjacent to an activating group) is 1. The maximum Gasteiger partial charge on any atom is 0.339 e. The van der Waals surface area contributed by atoms with E-state index in [4.69, 9.17) is 4.74 Å². The minimum absolute atomic E-state index is 0.0224. The number of ether oxygens (including phenoxy) is 1. The highest BCUT2D eigenvalue weighted by Gasteiger charge is 2.38. The number of aryl methyl sites for hydroxylation is 2. The number of amides is 1. The number of nitrogens with one attached hydrogen (secondary N) is 1. The van der Waals surface area contributed by atoms with E-state index in [9.17, 15) is 9.59 Å². The molecule has 0 aromatic heterocycles. The third-order valence-corrected chi connectivity index (χ3v) is 5.92. The van der Waals surface area contributed by atoms with E-state index < -0.39 is 5.97 Å². The van der Waals surface area contributed by atoms with Gasteiger partial charge < -0.3 is 14.5 Å². The summed E-state index contributed by atoms with van der Waals surface area (Å²) < 4.78 is 5.73. The van der Waals surface area contributed by atoms with Gasteiger partial charge in [-0.25, -0.2) is 4.79 Å². The van der Waals surface area contributed by atoms with Gasteiger partial charge in [0.25, 0.3) is 5.91 Å². The maximum absolute atomic E-state index is 13.1. The molecule has 1 unspecified atom stereocenters. The number of methoxy groups -OCH3 is 1. The number of quaternary nitrogens is 1. The number of rotatable bonds is 5. The number of esters is 1. The van der Waals surface area contributed by atoms with E-state index >= 15 is 0 Å². The molecule has 1 saturated heterocycles. The molecule has 2 rings (SSSR count). The van der Waals surface area contributed by atoms with E-state index in [0.29, 0.717) is 11.3 Å². The summed E-state index contributed by atoms with van der Waals surface area (Å²) in [6.07, 6.45) is 4.83. The second-order valence-electron chi connectivity index (χ2n) is 7.56. The van der Waals surface area contributed by atoms with E-state index in [1.807, 2.05) is 26.8 Å². The highest BCUT2D eigenvalue weighted by atomic mass is 16.5. The van der Waals surface area contributed by atoms with Gasteiger partial charge >= 0.3 is 5.97 Å². The third kappa shape index (κ3) is 4.26. The van der Waals surface area contributed by atoms with Gasteiger partial charge in [0.1, 0.15) is 0 Å². The van der Waals surface area contributed by atoms with Crippen LogP contribution in [0.15, 0.2) is 12.1 Å². The molecule has 1 heterocycles. The molecule has 5 heteroatoms. The van der Waals surface area contributed by atoms with Crippen LogP contribution >= 0.6 is 0 Å². The van der Waals surface area contributed by atoms with Crippen LogP contribution in [-0.2, 0) is 9.53 Å². The Kier molecular flexibility index (Phi) is 6.81. The summed E-state index contributed by atoms with van der Waals surface area (Å²) in [7, 11) is 1.36. The zero-order chi connectivity index (χ0) is 19.3. The number of nitrogens with zero attached hydrogens (tertiary/aromatic N) is 1. The van der Waals surface area contributed by atoms with E-state index in [2.05, 4.69) is 12.2 Å². The van der Waals surface area contributed by atoms with Crippen molar-refractivity contribution in [1.82, 2.24) is 0 Å². The van der Waals surface area contributed by atoms with Crippen molar-refractivity contribution in [1.29, 1.82) is 0 Å². The van der Waals surface area contributed by atoms with Crippen LogP contribution in [0.2, 0.25) is 0 Å². The van der Waals surface area contributed by atoms with Gasteiger partial charge in [0.15, 0.2) is 6.04 Å². The molecular formula is C21H33N2O3+. The van der Waals surface area contributed by atoms with E-state index in [1.54, 1.807) is 6.07 Å². The number of carbonyl (C=O) groups excluding carboxylic acids is 2. The molecule has 0 aliphatic carbocycles. The summed E-state index contributed by atoms with van der Waals surface area (Å²) in [5.41, 5.74) is 2.84. The zero-order valence-corrected chi connectivity index (χ0v) is 16.9. The Morgan fingerprint density at radius 1 is 1.15 bits per heavy atom. The standard InChI is InChI=1S/C21H32N2O3/c1-6-23(11-9-7-8-10-12-23)17(4)20(24)22-19-16(3)13-15(2)14-18(19)21(25)26-5/h13-14,17H,6-12H2,1-5H3/p+1. The Labute approximate surface area is 157 Å². The molecule has 0 radical (unpaired) electrons. The van der Waals surface area contributed by atoms with Gasteiger partial charge in [-0.2, -0.15) is 0 Å². The van der Waals surface area contributed by atoms with Crippen LogP contribution in [-0.4, -0.2) is 49.1 Å². The van der Waals surface area contributed by atoms with Crippen molar-refractivity contribution in [3.05, 3.63) is 28.8 Å². The smallest absolute Gasteiger partial charge is 0.339 e. The lowest BCUT2D eigenvalue weighted by atomic mass is 10.0. The normalized spacial score (nSPS) is 17.9. The number of carbonyl (C=O) groups is 2. The monoisotopic (exact) mass is 361 g/mol. The minimum atomic E-state index is -0.422. The largest absolute Gasteiger partial charge is 0.465 e. The Morgan fingerprint density at radius 3 is 2.31 bits per heavy atom. The molecular weight excluding hydrogens is 328 g/mol. The number of benzene rings is 1. The Morgan fingerprint density at radius 2 is 1.77 bits per heavy atom. The summed E-state index contributed by atoms with van der Waals surface area (Å²) >= 11 is 0. The lowest BCUT2D eigenvalue weighted by Crippen LogP contribution is -2.59. The molecule has 1 aliphatic rings. The van der Waals surface area contributed by atoms with Gasteiger partial charge in [-0.05, 0) is 70.6 Å². The molecule has 1 N–H and O–H groups in total. The van der Waals surface area contributed by atoms with Crippen LogP contribution in [0.3, 0.4) is 0 Å². The average molecular weight is 362 g/mol. The van der Waals surface area contributed by atoms with E-state index in [0.717, 1.165) is 35.2 Å². The van der Waals surface area contributed by atoms with Crippen LogP contribution in [0.5, 0.6) is 0 Å². The first kappa shape index (κ1) is 20.4. The third-order valence-electron chi connectivity index (χ3n) is 5.92. The molecule has 0 bridgehead atoms. The SMILES string of the molecule is CC[N+]1(C(C)C(=O)Nc2c(C)cc(C)cc2C(=O)OC)CCCCCC1. The first-order chi connectivity index (χ1) is 12.3. The van der Waals surface area contributed by atoms with E-state index in [-0.39, 0.29) is 11.9 Å². The van der Waals surface area contributed by atoms with Crippen molar-refractivity contribution in [2.75, 3.05) is 32.1 Å². The van der Waals surface area contributed by atoms with Crippen molar-refractivity contribution in [2.45, 2.75) is 59.4 Å². The highest BCUT2D eigenvalue weighted by molar-refractivity contribution is 6.03. The fraction of sp³-hybridized carbons (Fsp3) is 0.619. The highest BCUT2D eigenvalue weighted by Crippen LogP contribution is 2.27. The Hall–Kier alpha value is -1.88. The molecule has 5 nitrogen and oxygen atoms in total. The number of hydrogen-bond donors (Lipinski definition) is 1. The van der Waals surface area contributed by atoms with Crippen LogP contribution in [0.25, 0.3) is 0 Å². The predicted molar refractivity (Wildman–Crippen MR) is 104 cm³/mol. The molecule has 1 atom stereocenters. The lowest BCUT2D eigenvalue weighted by molar-refractivity contribution is -0.938. The first-order valence-electron chi connectivity index (χ1n) is 9.71. The number of likely N-dealkylation sites (tertiary alicyclic amines) is 1. The fourth-order valence-corrected chi connectivity index (χ4v) is 4.18. The number of anilines is 1. The summed E-state index contributed by atoms with van der Waals surface area (Å²) in [4.78, 5) is 25.3. The first-order valence-corrected chi connectivity index (χ1v) is 9.71. The quantitative estimate of drug-likeness (QED) is 0.641. The second kappa shape index (κ2) is 8.67. The summed E-state index contributed by atoms with van der Waals surface area (Å²) in [6.45, 7) is 11.1.